The minimum Gasteiger partial charge on any atom is -0.356 e. The van der Waals surface area contributed by atoms with Gasteiger partial charge in [0.15, 0.2) is 0 Å². The van der Waals surface area contributed by atoms with Crippen LogP contribution in [0.25, 0.3) is 27.4 Å². The van der Waals surface area contributed by atoms with Gasteiger partial charge >= 0.3 is 6.03 Å². The van der Waals surface area contributed by atoms with Crippen molar-refractivity contribution in [2.24, 2.45) is 5.11 Å². The average molecular weight is 1040 g/mol. The summed E-state index contributed by atoms with van der Waals surface area (Å²) in [6.07, 6.45) is 7.19. The lowest BCUT2D eigenvalue weighted by molar-refractivity contribution is -0.126. The third-order valence-corrected chi connectivity index (χ3v) is 15.5. The lowest BCUT2D eigenvalue weighted by Gasteiger charge is -2.19. The molecule has 0 radical (unpaired) electrons. The molecule has 4 atom stereocenters. The highest BCUT2D eigenvalue weighted by Crippen LogP contribution is 2.33. The predicted octanol–water partition coefficient (Wildman–Crippen LogP) is 7.33. The Morgan fingerprint density at radius 2 is 1.75 bits per heavy atom. The second kappa shape index (κ2) is 26.9. The molecule has 6 rings (SSSR count). The van der Waals surface area contributed by atoms with Crippen molar-refractivity contribution in [2.75, 3.05) is 30.3 Å². The van der Waals surface area contributed by atoms with Crippen LogP contribution in [0.2, 0.25) is 10.0 Å². The van der Waals surface area contributed by atoms with Gasteiger partial charge in [0, 0.05) is 86.1 Å². The number of azide groups is 1. The van der Waals surface area contributed by atoms with Gasteiger partial charge in [-0.1, -0.05) is 74.5 Å². The van der Waals surface area contributed by atoms with Gasteiger partial charge in [-0.15, -0.1) is 0 Å². The number of fused-ring (bicyclic) bond motifs is 2. The number of aromatic nitrogens is 2. The molecule has 24 heteroatoms. The number of carbonyl (C=O) groups is 6. The zero-order valence-electron chi connectivity index (χ0n) is 37.2. The second-order valence-corrected chi connectivity index (χ2v) is 20.8. The minimum atomic E-state index is -0.856. The van der Waals surface area contributed by atoms with Crippen molar-refractivity contribution in [1.82, 2.24) is 47.2 Å². The van der Waals surface area contributed by atoms with Crippen LogP contribution < -0.4 is 37.4 Å². The molecule has 0 bridgehead atoms. The van der Waals surface area contributed by atoms with Crippen LogP contribution in [0.4, 0.5) is 14.9 Å². The van der Waals surface area contributed by atoms with E-state index in [0.717, 1.165) is 30.6 Å². The molecule has 4 aromatic rings. The monoisotopic (exact) mass is 1040 g/mol. The fraction of sp³-hybridized carbons (Fsp3) is 0.400. The summed E-state index contributed by atoms with van der Waals surface area (Å²) in [6, 6.07) is 14.6. The number of hydrogen-bond acceptors (Lipinski definition) is 11. The van der Waals surface area contributed by atoms with Gasteiger partial charge in [0.05, 0.1) is 29.8 Å². The number of hydrazine groups is 1. The topological polar surface area (TPSA) is 253 Å². The highest BCUT2D eigenvalue weighted by atomic mass is 35.5. The van der Waals surface area contributed by atoms with Crippen molar-refractivity contribution in [3.63, 3.8) is 0 Å². The van der Waals surface area contributed by atoms with E-state index in [-0.39, 0.29) is 55.0 Å². The lowest BCUT2D eigenvalue weighted by atomic mass is 10.0. The quantitative estimate of drug-likeness (QED) is 0.00509. The molecule has 7 amide bonds. The first-order chi connectivity index (χ1) is 33.4. The van der Waals surface area contributed by atoms with E-state index in [2.05, 4.69) is 52.6 Å². The molecule has 366 valence electrons. The van der Waals surface area contributed by atoms with Gasteiger partial charge in [0.25, 0.3) is 11.8 Å². The molecule has 2 aliphatic heterocycles. The van der Waals surface area contributed by atoms with E-state index in [1.165, 1.54) is 70.1 Å². The number of unbranched alkanes of at least 4 members (excludes halogenated alkanes) is 2. The van der Waals surface area contributed by atoms with Crippen LogP contribution in [-0.4, -0.2) is 99.1 Å². The second-order valence-electron chi connectivity index (χ2n) is 16.0. The molecule has 2 saturated heterocycles. The summed E-state index contributed by atoms with van der Waals surface area (Å²) in [4.78, 5) is 78.3. The summed E-state index contributed by atoms with van der Waals surface area (Å²) < 4.78 is 15.8. The van der Waals surface area contributed by atoms with Crippen LogP contribution in [-0.2, 0) is 25.7 Å². The van der Waals surface area contributed by atoms with Crippen LogP contribution in [0.5, 0.6) is 0 Å². The number of hydrogen-bond donors (Lipinski definition) is 7. The number of amides is 7. The largest absolute Gasteiger partial charge is 0.356 e. The van der Waals surface area contributed by atoms with Crippen LogP contribution in [0.15, 0.2) is 71.9 Å². The number of nitrogens with zero attached hydrogens (tertiary/aromatic N) is 5. The van der Waals surface area contributed by atoms with Gasteiger partial charge in [-0.3, -0.25) is 39.5 Å². The third-order valence-electron chi connectivity index (χ3n) is 11.0. The molecular weight excluding hydrogens is 991 g/mol. The number of nitrogens with one attached hydrogen (secondary N) is 7. The van der Waals surface area contributed by atoms with E-state index in [4.69, 9.17) is 28.7 Å². The first-order valence-corrected chi connectivity index (χ1v) is 26.5. The maximum absolute atomic E-state index is 14.2. The van der Waals surface area contributed by atoms with Crippen LogP contribution in [0, 0.1) is 5.82 Å². The lowest BCUT2D eigenvalue weighted by Crippen LogP contribution is -2.47. The van der Waals surface area contributed by atoms with Crippen molar-refractivity contribution in [1.29, 1.82) is 0 Å². The summed E-state index contributed by atoms with van der Waals surface area (Å²) >= 11 is 14.2. The minimum absolute atomic E-state index is 0.0458. The molecule has 2 aliphatic rings. The van der Waals surface area contributed by atoms with Crippen LogP contribution in [0.3, 0.4) is 0 Å². The Morgan fingerprint density at radius 1 is 0.942 bits per heavy atom. The zero-order valence-corrected chi connectivity index (χ0v) is 41.1. The number of benzene rings is 3. The maximum atomic E-state index is 14.2. The van der Waals surface area contributed by atoms with Gasteiger partial charge in [-0.2, -0.15) is 16.9 Å². The predicted molar refractivity (Wildman–Crippen MR) is 270 cm³/mol. The number of carbonyl (C=O) groups excluding carboxylic acids is 6. The molecule has 2 fully saturated rings. The Labute approximate surface area is 419 Å². The zero-order chi connectivity index (χ0) is 49.1. The van der Waals surface area contributed by atoms with Crippen molar-refractivity contribution >= 4 is 115 Å². The standard InChI is InChI=1S/C45H51Cl2FN12O6S3/c46-29-11-8-28(33(47)23-29)25-60-37-24-30(48)12-15-32(37)34(58-60)16-17-40(62)56-57-41(63)18-21-68-69-22-20-51-44(65)35(52-43(64)27-9-13-31(14-10-27)55-59-49)5-3-4-19-50-39(61)7-2-1-6-38-42-36(26-67-38)53-45(66)54-42/h8-17,23-24,35-36,38,42H,1-7,18-22,25-26H2,(H,50,61)(H,51,65)(H,52,64)(H,56,62)(H,57,63)(H2,53,54,66)/b17-16+/t35?,36-,38?,42-/m0/s1. The summed E-state index contributed by atoms with van der Waals surface area (Å²) in [7, 11) is 2.86. The smallest absolute Gasteiger partial charge is 0.315 e. The van der Waals surface area contributed by atoms with Gasteiger partial charge in [-0.25, -0.2) is 9.18 Å². The van der Waals surface area contributed by atoms with Gasteiger partial charge in [-0.05, 0) is 91.7 Å². The number of urea groups is 1. The highest BCUT2D eigenvalue weighted by Gasteiger charge is 2.42. The van der Waals surface area contributed by atoms with Crippen molar-refractivity contribution in [2.45, 2.75) is 81.3 Å². The molecule has 0 spiro atoms. The van der Waals surface area contributed by atoms with E-state index in [1.54, 1.807) is 28.9 Å². The first kappa shape index (κ1) is 52.7. The normalized spacial score (nSPS) is 16.5. The molecule has 1 aromatic heterocycles. The molecule has 7 N–H and O–H groups in total. The summed E-state index contributed by atoms with van der Waals surface area (Å²) in [5.74, 6) is -0.542. The van der Waals surface area contributed by atoms with E-state index >= 15 is 0 Å². The molecule has 0 saturated carbocycles. The number of halogens is 3. The summed E-state index contributed by atoms with van der Waals surface area (Å²) in [5, 5.41) is 24.5. The molecule has 18 nitrogen and oxygen atoms in total. The molecule has 2 unspecified atom stereocenters. The third kappa shape index (κ3) is 16.5. The molecule has 3 aromatic carbocycles. The van der Waals surface area contributed by atoms with E-state index < -0.39 is 29.6 Å². The summed E-state index contributed by atoms with van der Waals surface area (Å²) in [5.41, 5.74) is 15.7. The SMILES string of the molecule is [N-]=[N+]=Nc1ccc(C(=O)NC(CCCCNC(=O)CCCCC2SC[C@@H]3NC(=O)N[C@H]23)C(=O)NCCSSCCC(=O)NNC(=O)/C=C/c2nn(Cc3ccc(Cl)cc3Cl)c3cc(F)ccc23)cc1. The fourth-order valence-electron chi connectivity index (χ4n) is 7.51. The van der Waals surface area contributed by atoms with E-state index in [1.807, 2.05) is 11.8 Å². The highest BCUT2D eigenvalue weighted by molar-refractivity contribution is 8.76. The Hall–Kier alpha value is -5.64. The van der Waals surface area contributed by atoms with Crippen LogP contribution >= 0.6 is 56.6 Å². The Morgan fingerprint density at radius 3 is 2.55 bits per heavy atom. The first-order valence-electron chi connectivity index (χ1n) is 22.2. The maximum Gasteiger partial charge on any atom is 0.315 e. The summed E-state index contributed by atoms with van der Waals surface area (Å²) in [6.45, 7) is 0.946. The van der Waals surface area contributed by atoms with Gasteiger partial charge in [0.2, 0.25) is 17.7 Å². The average Bonchev–Trinajstić information content (AvgIpc) is 4.00. The molecular formula is C45H51Cl2FN12O6S3. The number of thioether (sulfide) groups is 1. The van der Waals surface area contributed by atoms with Crippen LogP contribution in [0.1, 0.15) is 73.0 Å². The number of rotatable bonds is 25. The van der Waals surface area contributed by atoms with Crippen molar-refractivity contribution in [3.8, 4) is 0 Å². The fourth-order valence-corrected chi connectivity index (χ4v) is 11.4. The molecule has 3 heterocycles. The van der Waals surface area contributed by atoms with E-state index in [9.17, 15) is 33.2 Å². The van der Waals surface area contributed by atoms with Gasteiger partial charge in [0.1, 0.15) is 11.9 Å². The van der Waals surface area contributed by atoms with Crippen molar-refractivity contribution < 1.29 is 33.2 Å². The van der Waals surface area contributed by atoms with Crippen molar-refractivity contribution in [3.05, 3.63) is 110 Å². The molecule has 69 heavy (non-hydrogen) atoms. The Balaban J connectivity index is 0.866. The Kier molecular flexibility index (Phi) is 20.6. The van der Waals surface area contributed by atoms with Gasteiger partial charge < -0.3 is 26.6 Å². The molecule has 0 aliphatic carbocycles. The van der Waals surface area contributed by atoms with E-state index in [0.29, 0.717) is 81.3 Å². The Bertz CT molecular complexity index is 2570.